The summed E-state index contributed by atoms with van der Waals surface area (Å²) in [4.78, 5) is 54.5. The first kappa shape index (κ1) is 21.8. The van der Waals surface area contributed by atoms with E-state index in [-0.39, 0.29) is 41.5 Å². The maximum absolute atomic E-state index is 12.9. The molecular formula is C22H30N4O4. The Kier molecular flexibility index (Phi) is 6.14. The largest absolute Gasteiger partial charge is 0.339 e. The molecule has 0 aromatic heterocycles. The fourth-order valence-corrected chi connectivity index (χ4v) is 4.03. The highest BCUT2D eigenvalue weighted by atomic mass is 16.2. The number of piperazine rings is 1. The maximum atomic E-state index is 12.9. The van der Waals surface area contributed by atoms with Gasteiger partial charge < -0.3 is 20.0 Å². The van der Waals surface area contributed by atoms with Crippen LogP contribution in [0, 0.1) is 5.92 Å². The summed E-state index contributed by atoms with van der Waals surface area (Å²) in [7, 11) is 0. The SMILES string of the molecule is CC(=O)Nc1cccc(C(=O)N2CCN(C(=O)C3CC(=O)N(C(C)(C)C)C3)CC2)c1. The van der Waals surface area contributed by atoms with Gasteiger partial charge in [0.25, 0.3) is 5.91 Å². The average Bonchev–Trinajstić information content (AvgIpc) is 3.09. The summed E-state index contributed by atoms with van der Waals surface area (Å²) in [5, 5.41) is 2.68. The van der Waals surface area contributed by atoms with E-state index in [1.807, 2.05) is 20.8 Å². The summed E-state index contributed by atoms with van der Waals surface area (Å²) >= 11 is 0. The summed E-state index contributed by atoms with van der Waals surface area (Å²) in [6, 6.07) is 6.85. The van der Waals surface area contributed by atoms with Gasteiger partial charge in [-0.1, -0.05) is 6.07 Å². The minimum Gasteiger partial charge on any atom is -0.339 e. The topological polar surface area (TPSA) is 90.0 Å². The molecule has 1 atom stereocenters. The molecule has 2 aliphatic rings. The van der Waals surface area contributed by atoms with Gasteiger partial charge in [0.1, 0.15) is 0 Å². The van der Waals surface area contributed by atoms with E-state index in [9.17, 15) is 19.2 Å². The zero-order valence-corrected chi connectivity index (χ0v) is 18.1. The molecule has 0 aliphatic carbocycles. The number of hydrogen-bond acceptors (Lipinski definition) is 4. The Bertz CT molecular complexity index is 853. The number of rotatable bonds is 3. The van der Waals surface area contributed by atoms with Gasteiger partial charge in [-0.25, -0.2) is 0 Å². The Balaban J connectivity index is 1.57. The molecule has 0 radical (unpaired) electrons. The lowest BCUT2D eigenvalue weighted by Gasteiger charge is -2.36. The molecule has 0 saturated carbocycles. The van der Waals surface area contributed by atoms with Crippen LogP contribution in [0.15, 0.2) is 24.3 Å². The number of likely N-dealkylation sites (tertiary alicyclic amines) is 1. The number of nitrogens with one attached hydrogen (secondary N) is 1. The van der Waals surface area contributed by atoms with E-state index in [2.05, 4.69) is 5.32 Å². The van der Waals surface area contributed by atoms with Crippen molar-refractivity contribution in [3.05, 3.63) is 29.8 Å². The van der Waals surface area contributed by atoms with E-state index in [1.54, 1.807) is 39.0 Å². The highest BCUT2D eigenvalue weighted by molar-refractivity contribution is 5.97. The minimum atomic E-state index is -0.312. The number of carbonyl (C=O) groups excluding carboxylic acids is 4. The van der Waals surface area contributed by atoms with E-state index in [0.29, 0.717) is 44.0 Å². The van der Waals surface area contributed by atoms with Gasteiger partial charge in [-0.15, -0.1) is 0 Å². The molecule has 4 amide bonds. The Morgan fingerprint density at radius 2 is 1.67 bits per heavy atom. The number of anilines is 1. The molecule has 1 N–H and O–H groups in total. The number of nitrogens with zero attached hydrogens (tertiary/aromatic N) is 3. The predicted octanol–water partition coefficient (Wildman–Crippen LogP) is 1.58. The summed E-state index contributed by atoms with van der Waals surface area (Å²) in [5.74, 6) is -0.608. The van der Waals surface area contributed by atoms with Crippen LogP contribution >= 0.6 is 0 Å². The predicted molar refractivity (Wildman–Crippen MR) is 113 cm³/mol. The summed E-state index contributed by atoms with van der Waals surface area (Å²) in [5.41, 5.74) is 0.794. The number of carbonyl (C=O) groups is 4. The molecule has 30 heavy (non-hydrogen) atoms. The van der Waals surface area contributed by atoms with Crippen LogP contribution in [0.2, 0.25) is 0 Å². The molecule has 8 heteroatoms. The smallest absolute Gasteiger partial charge is 0.254 e. The average molecular weight is 415 g/mol. The molecule has 1 aromatic rings. The van der Waals surface area contributed by atoms with Crippen molar-refractivity contribution in [3.63, 3.8) is 0 Å². The highest BCUT2D eigenvalue weighted by Gasteiger charge is 2.41. The van der Waals surface area contributed by atoms with E-state index in [0.717, 1.165) is 0 Å². The van der Waals surface area contributed by atoms with Gasteiger partial charge in [0.2, 0.25) is 17.7 Å². The molecule has 2 fully saturated rings. The molecule has 0 spiro atoms. The third-order valence-corrected chi connectivity index (χ3v) is 5.59. The molecule has 1 unspecified atom stereocenters. The van der Waals surface area contributed by atoms with Crippen molar-refractivity contribution in [1.82, 2.24) is 14.7 Å². The lowest BCUT2D eigenvalue weighted by molar-refractivity contribution is -0.137. The molecule has 1 aromatic carbocycles. The Morgan fingerprint density at radius 3 is 2.23 bits per heavy atom. The van der Waals surface area contributed by atoms with Crippen LogP contribution in [0.4, 0.5) is 5.69 Å². The first-order chi connectivity index (χ1) is 14.1. The van der Waals surface area contributed by atoms with Gasteiger partial charge in [-0.05, 0) is 39.0 Å². The third kappa shape index (κ3) is 4.80. The molecular weight excluding hydrogens is 384 g/mol. The fraction of sp³-hybridized carbons (Fsp3) is 0.545. The van der Waals surface area contributed by atoms with Crippen molar-refractivity contribution in [2.45, 2.75) is 39.7 Å². The van der Waals surface area contributed by atoms with Crippen LogP contribution in [0.5, 0.6) is 0 Å². The number of amides is 4. The Labute approximate surface area is 177 Å². The van der Waals surface area contributed by atoms with E-state index in [4.69, 9.17) is 0 Å². The van der Waals surface area contributed by atoms with Crippen molar-refractivity contribution in [1.29, 1.82) is 0 Å². The van der Waals surface area contributed by atoms with Crippen LogP contribution in [-0.4, -0.2) is 76.6 Å². The normalized spacial score (nSPS) is 19.8. The lowest BCUT2D eigenvalue weighted by atomic mass is 10.1. The van der Waals surface area contributed by atoms with E-state index in [1.165, 1.54) is 6.92 Å². The Hall–Kier alpha value is -2.90. The molecule has 8 nitrogen and oxygen atoms in total. The van der Waals surface area contributed by atoms with Crippen molar-refractivity contribution in [2.75, 3.05) is 38.0 Å². The summed E-state index contributed by atoms with van der Waals surface area (Å²) < 4.78 is 0. The Morgan fingerprint density at radius 1 is 1.03 bits per heavy atom. The molecule has 2 heterocycles. The van der Waals surface area contributed by atoms with Crippen LogP contribution in [-0.2, 0) is 14.4 Å². The van der Waals surface area contributed by atoms with Gasteiger partial charge in [-0.2, -0.15) is 0 Å². The number of hydrogen-bond donors (Lipinski definition) is 1. The van der Waals surface area contributed by atoms with Crippen molar-refractivity contribution in [2.24, 2.45) is 5.92 Å². The molecule has 2 saturated heterocycles. The molecule has 3 rings (SSSR count). The molecule has 0 bridgehead atoms. The standard InChI is InChI=1S/C22H30N4O4/c1-15(27)23-18-7-5-6-16(12-18)20(29)24-8-10-25(11-9-24)21(30)17-13-19(28)26(14-17)22(2,3)4/h5-7,12,17H,8-11,13-14H2,1-4H3,(H,23,27). The summed E-state index contributed by atoms with van der Waals surface area (Å²) in [6.45, 7) is 9.60. The molecule has 162 valence electrons. The van der Waals surface area contributed by atoms with Gasteiger partial charge in [0.05, 0.1) is 5.92 Å². The van der Waals surface area contributed by atoms with Crippen molar-refractivity contribution < 1.29 is 19.2 Å². The molecule has 2 aliphatic heterocycles. The van der Waals surface area contributed by atoms with Crippen LogP contribution in [0.1, 0.15) is 44.5 Å². The monoisotopic (exact) mass is 414 g/mol. The van der Waals surface area contributed by atoms with E-state index >= 15 is 0 Å². The zero-order valence-electron chi connectivity index (χ0n) is 18.1. The second kappa shape index (κ2) is 8.45. The van der Waals surface area contributed by atoms with Crippen LogP contribution in [0.3, 0.4) is 0 Å². The van der Waals surface area contributed by atoms with Gasteiger partial charge >= 0.3 is 0 Å². The minimum absolute atomic E-state index is 0.00476. The van der Waals surface area contributed by atoms with E-state index < -0.39 is 0 Å². The fourth-order valence-electron chi connectivity index (χ4n) is 4.03. The van der Waals surface area contributed by atoms with Crippen LogP contribution < -0.4 is 5.32 Å². The first-order valence-electron chi connectivity index (χ1n) is 10.3. The number of benzene rings is 1. The first-order valence-corrected chi connectivity index (χ1v) is 10.3. The third-order valence-electron chi connectivity index (χ3n) is 5.59. The van der Waals surface area contributed by atoms with Crippen molar-refractivity contribution in [3.8, 4) is 0 Å². The van der Waals surface area contributed by atoms with Crippen molar-refractivity contribution >= 4 is 29.3 Å². The van der Waals surface area contributed by atoms with Gasteiger partial charge in [-0.3, -0.25) is 19.2 Å². The second-order valence-corrected chi connectivity index (χ2v) is 8.96. The maximum Gasteiger partial charge on any atom is 0.254 e. The highest BCUT2D eigenvalue weighted by Crippen LogP contribution is 2.27. The zero-order chi connectivity index (χ0) is 22.1. The quantitative estimate of drug-likeness (QED) is 0.813. The van der Waals surface area contributed by atoms with Crippen LogP contribution in [0.25, 0.3) is 0 Å². The van der Waals surface area contributed by atoms with Gasteiger partial charge in [0, 0.05) is 62.9 Å². The second-order valence-electron chi connectivity index (χ2n) is 8.96. The summed E-state index contributed by atoms with van der Waals surface area (Å²) in [6.07, 6.45) is 0.255. The lowest BCUT2D eigenvalue weighted by Crippen LogP contribution is -2.52. The van der Waals surface area contributed by atoms with Gasteiger partial charge in [0.15, 0.2) is 0 Å².